The van der Waals surface area contributed by atoms with Crippen LogP contribution in [0.1, 0.15) is 47.2 Å². The number of benzene rings is 6. The van der Waals surface area contributed by atoms with Crippen molar-refractivity contribution in [2.75, 3.05) is 27.4 Å². The minimum Gasteiger partial charge on any atom is -0.497 e. The maximum atomic E-state index is 6.16. The van der Waals surface area contributed by atoms with Crippen LogP contribution in [-0.2, 0) is 10.8 Å². The maximum Gasteiger partial charge on any atom is 0.122 e. The highest BCUT2D eigenvalue weighted by atomic mass is 16.5. The molecule has 6 aromatic carbocycles. The molecule has 1 aliphatic carbocycles. The maximum absolute atomic E-state index is 6.16. The van der Waals surface area contributed by atoms with Gasteiger partial charge in [0.05, 0.1) is 19.6 Å². The highest BCUT2D eigenvalue weighted by Gasteiger charge is 2.45. The number of ether oxygens (including phenoxy) is 4. The Bertz CT molecular complexity index is 1950. The van der Waals surface area contributed by atoms with Crippen LogP contribution < -0.4 is 18.9 Å². The highest BCUT2D eigenvalue weighted by Crippen LogP contribution is 2.56. The average Bonchev–Trinajstić information content (AvgIpc) is 3.45. The van der Waals surface area contributed by atoms with Crippen LogP contribution in [0.4, 0.5) is 0 Å². The summed E-state index contributed by atoms with van der Waals surface area (Å²) in [6.45, 7) is 5.34. The zero-order valence-corrected chi connectivity index (χ0v) is 27.9. The molecule has 1 aliphatic rings. The van der Waals surface area contributed by atoms with E-state index in [0.29, 0.717) is 13.2 Å². The molecule has 0 saturated heterocycles. The van der Waals surface area contributed by atoms with Crippen molar-refractivity contribution < 1.29 is 18.9 Å². The first-order valence-electron chi connectivity index (χ1n) is 16.4. The molecule has 0 unspecified atom stereocenters. The van der Waals surface area contributed by atoms with Gasteiger partial charge in [-0.1, -0.05) is 111 Å². The van der Waals surface area contributed by atoms with E-state index in [9.17, 15) is 0 Å². The normalized spacial score (nSPS) is 12.9. The Kier molecular flexibility index (Phi) is 8.41. The lowest BCUT2D eigenvalue weighted by molar-refractivity contribution is 0.217. The molecule has 4 heteroatoms. The van der Waals surface area contributed by atoms with Crippen molar-refractivity contribution in [3.05, 3.63) is 179 Å². The Labute approximate surface area is 283 Å². The van der Waals surface area contributed by atoms with Crippen molar-refractivity contribution >= 4 is 0 Å². The van der Waals surface area contributed by atoms with Crippen molar-refractivity contribution in [2.45, 2.75) is 24.7 Å². The fraction of sp³-hybridized carbons (Fsp3) is 0.182. The van der Waals surface area contributed by atoms with Crippen LogP contribution in [0.3, 0.4) is 0 Å². The van der Waals surface area contributed by atoms with E-state index in [1.807, 2.05) is 36.4 Å². The van der Waals surface area contributed by atoms with Gasteiger partial charge in [0.1, 0.15) is 36.2 Å². The van der Waals surface area contributed by atoms with E-state index in [1.165, 1.54) is 44.5 Å². The van der Waals surface area contributed by atoms with Crippen LogP contribution in [0.5, 0.6) is 23.0 Å². The molecule has 0 aromatic heterocycles. The molecule has 7 rings (SSSR count). The molecule has 0 fully saturated rings. The second-order valence-corrected chi connectivity index (χ2v) is 12.7. The predicted octanol–water partition coefficient (Wildman–Crippen LogP) is 9.85. The molecule has 0 spiro atoms. The third-order valence-corrected chi connectivity index (χ3v) is 9.77. The molecule has 0 saturated carbocycles. The molecular formula is C44H40O4. The molecule has 0 radical (unpaired) electrons. The molecule has 0 aliphatic heterocycles. The largest absolute Gasteiger partial charge is 0.497 e. The van der Waals surface area contributed by atoms with Gasteiger partial charge in [-0.05, 0) is 93.0 Å². The number of fused-ring (bicyclic) bond motifs is 3. The lowest BCUT2D eigenvalue weighted by Gasteiger charge is -2.34. The van der Waals surface area contributed by atoms with Gasteiger partial charge in [0, 0.05) is 5.41 Å². The fourth-order valence-corrected chi connectivity index (χ4v) is 7.13. The van der Waals surface area contributed by atoms with Gasteiger partial charge < -0.3 is 18.9 Å². The second-order valence-electron chi connectivity index (χ2n) is 12.7. The van der Waals surface area contributed by atoms with Crippen molar-refractivity contribution in [2.24, 2.45) is 0 Å². The Morgan fingerprint density at radius 1 is 0.438 bits per heavy atom. The molecule has 6 aromatic rings. The third-order valence-electron chi connectivity index (χ3n) is 9.77. The summed E-state index contributed by atoms with van der Waals surface area (Å²) in [6.07, 6.45) is 0. The van der Waals surface area contributed by atoms with Crippen LogP contribution in [0.25, 0.3) is 11.1 Å². The molecule has 0 atom stereocenters. The number of hydrogen-bond acceptors (Lipinski definition) is 4. The fourth-order valence-electron chi connectivity index (χ4n) is 7.13. The summed E-state index contributed by atoms with van der Waals surface area (Å²) in [5, 5.41) is 0. The average molecular weight is 633 g/mol. The molecule has 48 heavy (non-hydrogen) atoms. The van der Waals surface area contributed by atoms with Gasteiger partial charge in [0.2, 0.25) is 0 Å². The molecule has 0 heterocycles. The predicted molar refractivity (Wildman–Crippen MR) is 193 cm³/mol. The van der Waals surface area contributed by atoms with Gasteiger partial charge in [0.15, 0.2) is 0 Å². The number of hydrogen-bond donors (Lipinski definition) is 0. The minimum atomic E-state index is -0.463. The van der Waals surface area contributed by atoms with E-state index in [1.54, 1.807) is 14.2 Å². The summed E-state index contributed by atoms with van der Waals surface area (Å²) in [5.41, 5.74) is 9.30. The van der Waals surface area contributed by atoms with Gasteiger partial charge in [-0.3, -0.25) is 0 Å². The summed E-state index contributed by atoms with van der Waals surface area (Å²) in [5.74, 6) is 3.33. The van der Waals surface area contributed by atoms with Gasteiger partial charge in [-0.25, -0.2) is 0 Å². The quantitative estimate of drug-likeness (QED) is 0.133. The summed E-state index contributed by atoms with van der Waals surface area (Å²) in [6, 6.07) is 51.1. The van der Waals surface area contributed by atoms with Gasteiger partial charge in [-0.15, -0.1) is 0 Å². The first kappa shape index (κ1) is 31.1. The van der Waals surface area contributed by atoms with Crippen LogP contribution in [0, 0.1) is 0 Å². The highest BCUT2D eigenvalue weighted by molar-refractivity contribution is 5.86. The first-order valence-corrected chi connectivity index (χ1v) is 16.4. The third kappa shape index (κ3) is 5.47. The van der Waals surface area contributed by atoms with E-state index in [2.05, 4.69) is 123 Å². The van der Waals surface area contributed by atoms with Crippen molar-refractivity contribution in [1.29, 1.82) is 0 Å². The van der Waals surface area contributed by atoms with E-state index >= 15 is 0 Å². The smallest absolute Gasteiger partial charge is 0.122 e. The van der Waals surface area contributed by atoms with E-state index in [-0.39, 0.29) is 5.41 Å². The molecule has 0 amide bonds. The van der Waals surface area contributed by atoms with Gasteiger partial charge in [0.25, 0.3) is 0 Å². The van der Waals surface area contributed by atoms with E-state index in [0.717, 1.165) is 23.0 Å². The Balaban J connectivity index is 1.06. The van der Waals surface area contributed by atoms with Gasteiger partial charge >= 0.3 is 0 Å². The summed E-state index contributed by atoms with van der Waals surface area (Å²) in [4.78, 5) is 0. The molecule has 0 N–H and O–H groups in total. The monoisotopic (exact) mass is 632 g/mol. The van der Waals surface area contributed by atoms with E-state index < -0.39 is 5.41 Å². The summed E-state index contributed by atoms with van der Waals surface area (Å²) in [7, 11) is 3.39. The zero-order valence-electron chi connectivity index (χ0n) is 27.9. The number of rotatable bonds is 11. The van der Waals surface area contributed by atoms with Gasteiger partial charge in [-0.2, -0.15) is 0 Å². The van der Waals surface area contributed by atoms with Crippen molar-refractivity contribution in [1.82, 2.24) is 0 Å². The SMILES string of the molecule is COc1ccc(C(C)(C)c2ccc(OCCOc3ccc(C4(c5ccc(OC)cc5)c5ccccc5-c5ccccc54)cc3)cc2)cc1. The van der Waals surface area contributed by atoms with Crippen LogP contribution in [0.2, 0.25) is 0 Å². The molecule has 4 nitrogen and oxygen atoms in total. The Morgan fingerprint density at radius 2 is 0.792 bits per heavy atom. The second kappa shape index (κ2) is 13.0. The van der Waals surface area contributed by atoms with Crippen molar-refractivity contribution in [3.63, 3.8) is 0 Å². The standard InChI is InChI=1S/C44H40O4/c1-43(2,31-13-21-35(45-3)22-14-31)32-15-25-37(26-16-32)47-29-30-48-38-27-19-34(20-28-38)44(33-17-23-36(46-4)24-18-33)41-11-7-5-9-39(41)40-10-6-8-12-42(40)44/h5-28H,29-30H2,1-4H3. The minimum absolute atomic E-state index is 0.144. The molecule has 0 bridgehead atoms. The summed E-state index contributed by atoms with van der Waals surface area (Å²) >= 11 is 0. The Hall–Kier alpha value is -5.48. The van der Waals surface area contributed by atoms with Crippen LogP contribution in [0.15, 0.2) is 146 Å². The first-order chi connectivity index (χ1) is 23.4. The van der Waals surface area contributed by atoms with Crippen molar-refractivity contribution in [3.8, 4) is 34.1 Å². The van der Waals surface area contributed by atoms with Crippen LogP contribution in [-0.4, -0.2) is 27.4 Å². The summed E-state index contributed by atoms with van der Waals surface area (Å²) < 4.78 is 23.0. The lowest BCUT2D eigenvalue weighted by Crippen LogP contribution is -2.28. The van der Waals surface area contributed by atoms with E-state index in [4.69, 9.17) is 18.9 Å². The zero-order chi connectivity index (χ0) is 33.1. The van der Waals surface area contributed by atoms with Crippen LogP contribution >= 0.6 is 0 Å². The topological polar surface area (TPSA) is 36.9 Å². The molecular weight excluding hydrogens is 592 g/mol. The Morgan fingerprint density at radius 3 is 1.21 bits per heavy atom. The number of methoxy groups -OCH3 is 2. The lowest BCUT2D eigenvalue weighted by atomic mass is 9.68. The molecule has 240 valence electrons.